The Balaban J connectivity index is 3.50. The highest BCUT2D eigenvalue weighted by Gasteiger charge is 2.27. The smallest absolute Gasteiger partial charge is 0.337 e. The molecule has 8 heteroatoms. The number of carboxylic acid groups (broad SMARTS) is 1. The van der Waals surface area contributed by atoms with Gasteiger partial charge in [0.1, 0.15) is 4.90 Å². The van der Waals surface area contributed by atoms with E-state index in [4.69, 9.17) is 34.7 Å². The third-order valence-corrected chi connectivity index (χ3v) is 5.19. The number of aromatic carboxylic acids is 1. The SMILES string of the molecule is C#CCN(CC)S(=O)(=O)c1cc(C(=O)O)c(Cl)cc1Cl. The number of sulfonamides is 1. The summed E-state index contributed by atoms with van der Waals surface area (Å²) in [6, 6.07) is 2.02. The van der Waals surface area contributed by atoms with Crippen LogP contribution in [0.1, 0.15) is 17.3 Å². The molecule has 0 heterocycles. The molecular formula is C12H11Cl2NO4S. The van der Waals surface area contributed by atoms with Gasteiger partial charge in [0.2, 0.25) is 10.0 Å². The van der Waals surface area contributed by atoms with Crippen LogP contribution < -0.4 is 0 Å². The quantitative estimate of drug-likeness (QED) is 0.838. The van der Waals surface area contributed by atoms with Crippen LogP contribution in [0.5, 0.6) is 0 Å². The number of rotatable bonds is 5. The first kappa shape index (κ1) is 16.8. The second-order valence-corrected chi connectivity index (χ2v) is 6.42. The van der Waals surface area contributed by atoms with Gasteiger partial charge in [-0.25, -0.2) is 13.2 Å². The van der Waals surface area contributed by atoms with Crippen LogP contribution in [0.2, 0.25) is 10.0 Å². The monoisotopic (exact) mass is 335 g/mol. The maximum atomic E-state index is 12.4. The summed E-state index contributed by atoms with van der Waals surface area (Å²) >= 11 is 11.6. The first-order chi connectivity index (χ1) is 9.25. The Morgan fingerprint density at radius 3 is 2.45 bits per heavy atom. The van der Waals surface area contributed by atoms with E-state index >= 15 is 0 Å². The Morgan fingerprint density at radius 2 is 2.00 bits per heavy atom. The average Bonchev–Trinajstić information content (AvgIpc) is 2.34. The van der Waals surface area contributed by atoms with Crippen molar-refractivity contribution in [3.63, 3.8) is 0 Å². The average molecular weight is 336 g/mol. The lowest BCUT2D eigenvalue weighted by Gasteiger charge is -2.19. The second-order valence-electron chi connectivity index (χ2n) is 3.70. The van der Waals surface area contributed by atoms with Crippen LogP contribution in [0, 0.1) is 12.3 Å². The van der Waals surface area contributed by atoms with Crippen LogP contribution in [0.3, 0.4) is 0 Å². The minimum atomic E-state index is -3.98. The molecule has 1 aromatic carbocycles. The van der Waals surface area contributed by atoms with Gasteiger partial charge in [0, 0.05) is 6.54 Å². The molecule has 1 N–H and O–H groups in total. The lowest BCUT2D eigenvalue weighted by Crippen LogP contribution is -2.31. The van der Waals surface area contributed by atoms with Crippen molar-refractivity contribution in [1.29, 1.82) is 0 Å². The summed E-state index contributed by atoms with van der Waals surface area (Å²) in [7, 11) is -3.98. The molecule has 5 nitrogen and oxygen atoms in total. The van der Waals surface area contributed by atoms with Gasteiger partial charge in [0.15, 0.2) is 0 Å². The van der Waals surface area contributed by atoms with E-state index in [1.54, 1.807) is 6.92 Å². The molecule has 0 fully saturated rings. The number of hydrogen-bond donors (Lipinski definition) is 1. The van der Waals surface area contributed by atoms with Crippen LogP contribution >= 0.6 is 23.2 Å². The molecule has 0 saturated heterocycles. The summed E-state index contributed by atoms with van der Waals surface area (Å²) in [5.41, 5.74) is -0.341. The van der Waals surface area contributed by atoms with Crippen molar-refractivity contribution in [2.45, 2.75) is 11.8 Å². The van der Waals surface area contributed by atoms with Crippen molar-refractivity contribution in [2.24, 2.45) is 0 Å². The first-order valence-electron chi connectivity index (χ1n) is 5.41. The van der Waals surface area contributed by atoms with E-state index in [9.17, 15) is 13.2 Å². The largest absolute Gasteiger partial charge is 0.478 e. The third kappa shape index (κ3) is 3.25. The summed E-state index contributed by atoms with van der Waals surface area (Å²) in [4.78, 5) is 10.7. The minimum absolute atomic E-state index is 0.133. The van der Waals surface area contributed by atoms with Crippen LogP contribution in [0.4, 0.5) is 0 Å². The third-order valence-electron chi connectivity index (χ3n) is 2.49. The zero-order chi connectivity index (χ0) is 15.5. The van der Waals surface area contributed by atoms with Gasteiger partial charge in [0.25, 0.3) is 0 Å². The van der Waals surface area contributed by atoms with Crippen molar-refractivity contribution >= 4 is 39.2 Å². The highest BCUT2D eigenvalue weighted by Crippen LogP contribution is 2.30. The maximum Gasteiger partial charge on any atom is 0.337 e. The fraction of sp³-hybridized carbons (Fsp3) is 0.250. The first-order valence-corrected chi connectivity index (χ1v) is 7.61. The van der Waals surface area contributed by atoms with Crippen molar-refractivity contribution in [3.05, 3.63) is 27.7 Å². The van der Waals surface area contributed by atoms with E-state index in [2.05, 4.69) is 5.92 Å². The number of hydrogen-bond acceptors (Lipinski definition) is 3. The van der Waals surface area contributed by atoms with E-state index in [1.165, 1.54) is 0 Å². The van der Waals surface area contributed by atoms with Gasteiger partial charge >= 0.3 is 5.97 Å². The Labute approximate surface area is 127 Å². The molecule has 0 saturated carbocycles. The molecule has 108 valence electrons. The van der Waals surface area contributed by atoms with Gasteiger partial charge < -0.3 is 5.11 Å². The highest BCUT2D eigenvalue weighted by molar-refractivity contribution is 7.89. The van der Waals surface area contributed by atoms with Crippen molar-refractivity contribution in [3.8, 4) is 12.3 Å². The molecular weight excluding hydrogens is 325 g/mol. The molecule has 0 aliphatic rings. The normalized spacial score (nSPS) is 11.3. The number of halogens is 2. The Hall–Kier alpha value is -1.26. The lowest BCUT2D eigenvalue weighted by atomic mass is 10.2. The summed E-state index contributed by atoms with van der Waals surface area (Å²) in [6.45, 7) is 1.60. The van der Waals surface area contributed by atoms with Gasteiger partial charge in [-0.15, -0.1) is 6.42 Å². The minimum Gasteiger partial charge on any atom is -0.478 e. The van der Waals surface area contributed by atoms with Gasteiger partial charge in [-0.3, -0.25) is 0 Å². The molecule has 0 atom stereocenters. The van der Waals surface area contributed by atoms with Crippen LogP contribution in [0.25, 0.3) is 0 Å². The Kier molecular flexibility index (Phi) is 5.42. The molecule has 0 aliphatic heterocycles. The molecule has 20 heavy (non-hydrogen) atoms. The van der Waals surface area contributed by atoms with Gasteiger partial charge in [-0.1, -0.05) is 36.0 Å². The van der Waals surface area contributed by atoms with E-state index in [1.807, 2.05) is 0 Å². The number of carbonyl (C=O) groups is 1. The van der Waals surface area contributed by atoms with Crippen LogP contribution in [-0.2, 0) is 10.0 Å². The van der Waals surface area contributed by atoms with Crippen LogP contribution in [-0.4, -0.2) is 36.9 Å². The van der Waals surface area contributed by atoms with Gasteiger partial charge in [-0.2, -0.15) is 4.31 Å². The molecule has 0 spiro atoms. The Morgan fingerprint density at radius 1 is 1.40 bits per heavy atom. The van der Waals surface area contributed by atoms with E-state index in [0.29, 0.717) is 0 Å². The molecule has 0 radical (unpaired) electrons. The second kappa shape index (κ2) is 6.46. The number of carboxylic acids is 1. The Bertz CT molecular complexity index is 679. The summed E-state index contributed by atoms with van der Waals surface area (Å²) in [6.07, 6.45) is 5.12. The number of terminal acetylenes is 1. The number of nitrogens with zero attached hydrogens (tertiary/aromatic N) is 1. The predicted molar refractivity (Wildman–Crippen MR) is 76.7 cm³/mol. The molecule has 0 aromatic heterocycles. The topological polar surface area (TPSA) is 74.7 Å². The summed E-state index contributed by atoms with van der Waals surface area (Å²) < 4.78 is 25.7. The fourth-order valence-electron chi connectivity index (χ4n) is 1.50. The van der Waals surface area contributed by atoms with E-state index in [-0.39, 0.29) is 33.6 Å². The zero-order valence-electron chi connectivity index (χ0n) is 10.4. The number of benzene rings is 1. The standard InChI is InChI=1S/C12H11Cl2NO4S/c1-3-5-15(4-2)20(18,19)11-6-8(12(16)17)9(13)7-10(11)14/h1,6-7H,4-5H2,2H3,(H,16,17). The predicted octanol–water partition coefficient (Wildman–Crippen LogP) is 2.34. The van der Waals surface area contributed by atoms with E-state index in [0.717, 1.165) is 16.4 Å². The zero-order valence-corrected chi connectivity index (χ0v) is 12.8. The highest BCUT2D eigenvalue weighted by atomic mass is 35.5. The van der Waals surface area contributed by atoms with Crippen LogP contribution in [0.15, 0.2) is 17.0 Å². The summed E-state index contributed by atoms with van der Waals surface area (Å²) in [5.74, 6) is 0.880. The van der Waals surface area contributed by atoms with E-state index < -0.39 is 16.0 Å². The molecule has 0 bridgehead atoms. The summed E-state index contributed by atoms with van der Waals surface area (Å²) in [5, 5.41) is 8.68. The molecule has 0 aliphatic carbocycles. The molecule has 0 unspecified atom stereocenters. The maximum absolute atomic E-state index is 12.4. The van der Waals surface area contributed by atoms with Crippen molar-refractivity contribution in [2.75, 3.05) is 13.1 Å². The molecule has 1 rings (SSSR count). The lowest BCUT2D eigenvalue weighted by molar-refractivity contribution is 0.0697. The van der Waals surface area contributed by atoms with Crippen molar-refractivity contribution < 1.29 is 18.3 Å². The fourth-order valence-corrected chi connectivity index (χ4v) is 3.69. The van der Waals surface area contributed by atoms with Gasteiger partial charge in [0.05, 0.1) is 22.2 Å². The molecule has 0 amide bonds. The van der Waals surface area contributed by atoms with Gasteiger partial charge in [-0.05, 0) is 12.1 Å². The molecule has 1 aromatic rings. The van der Waals surface area contributed by atoms with Crippen molar-refractivity contribution in [1.82, 2.24) is 4.31 Å².